The molecular formula is C11H14N2O2. The van der Waals surface area contributed by atoms with Gasteiger partial charge >= 0.3 is 0 Å². The SMILES string of the molecule is CC(=O)N(C)c1cccc(/C(C)=N/O)c1. The fourth-order valence-corrected chi connectivity index (χ4v) is 1.18. The van der Waals surface area contributed by atoms with Gasteiger partial charge in [0.05, 0.1) is 5.71 Å². The van der Waals surface area contributed by atoms with E-state index in [2.05, 4.69) is 5.16 Å². The van der Waals surface area contributed by atoms with Crippen LogP contribution in [0.2, 0.25) is 0 Å². The number of rotatable bonds is 2. The van der Waals surface area contributed by atoms with Gasteiger partial charge in [0.15, 0.2) is 0 Å². The normalized spacial score (nSPS) is 11.3. The van der Waals surface area contributed by atoms with E-state index in [1.165, 1.54) is 11.8 Å². The average Bonchev–Trinajstić information content (AvgIpc) is 2.27. The van der Waals surface area contributed by atoms with Crippen LogP contribution in [0.25, 0.3) is 0 Å². The highest BCUT2D eigenvalue weighted by Crippen LogP contribution is 2.15. The third-order valence-electron chi connectivity index (χ3n) is 2.27. The molecule has 1 rings (SSSR count). The molecular weight excluding hydrogens is 192 g/mol. The van der Waals surface area contributed by atoms with Crippen LogP contribution in [-0.4, -0.2) is 23.9 Å². The lowest BCUT2D eigenvalue weighted by molar-refractivity contribution is -0.116. The van der Waals surface area contributed by atoms with Gasteiger partial charge < -0.3 is 10.1 Å². The van der Waals surface area contributed by atoms with E-state index in [1.807, 2.05) is 18.2 Å². The summed E-state index contributed by atoms with van der Waals surface area (Å²) in [6, 6.07) is 7.28. The predicted molar refractivity (Wildman–Crippen MR) is 59.5 cm³/mol. The van der Waals surface area contributed by atoms with Gasteiger partial charge in [-0.15, -0.1) is 0 Å². The average molecular weight is 206 g/mol. The maximum absolute atomic E-state index is 11.1. The number of nitrogens with zero attached hydrogens (tertiary/aromatic N) is 2. The lowest BCUT2D eigenvalue weighted by Gasteiger charge is -2.15. The van der Waals surface area contributed by atoms with Gasteiger partial charge in [-0.1, -0.05) is 17.3 Å². The van der Waals surface area contributed by atoms with Crippen molar-refractivity contribution in [1.82, 2.24) is 0 Å². The summed E-state index contributed by atoms with van der Waals surface area (Å²) in [5.74, 6) is -0.0364. The van der Waals surface area contributed by atoms with Gasteiger partial charge in [0, 0.05) is 25.2 Å². The van der Waals surface area contributed by atoms with Gasteiger partial charge in [0.25, 0.3) is 0 Å². The first-order chi connectivity index (χ1) is 7.06. The first-order valence-electron chi connectivity index (χ1n) is 4.59. The van der Waals surface area contributed by atoms with Crippen LogP contribution in [0.5, 0.6) is 0 Å². The van der Waals surface area contributed by atoms with E-state index >= 15 is 0 Å². The molecule has 1 aromatic rings. The molecule has 0 heterocycles. The number of amides is 1. The van der Waals surface area contributed by atoms with Gasteiger partial charge in [-0.05, 0) is 19.1 Å². The smallest absolute Gasteiger partial charge is 0.223 e. The molecule has 80 valence electrons. The number of carbonyl (C=O) groups excluding carboxylic acids is 1. The summed E-state index contributed by atoms with van der Waals surface area (Å²) in [4.78, 5) is 12.7. The molecule has 0 atom stereocenters. The van der Waals surface area contributed by atoms with Crippen molar-refractivity contribution in [2.45, 2.75) is 13.8 Å². The van der Waals surface area contributed by atoms with E-state index in [1.54, 1.807) is 20.0 Å². The molecule has 0 aliphatic carbocycles. The van der Waals surface area contributed by atoms with E-state index < -0.39 is 0 Å². The van der Waals surface area contributed by atoms with E-state index in [0.717, 1.165) is 11.3 Å². The largest absolute Gasteiger partial charge is 0.411 e. The molecule has 1 aromatic carbocycles. The molecule has 0 fully saturated rings. The maximum Gasteiger partial charge on any atom is 0.223 e. The third-order valence-corrected chi connectivity index (χ3v) is 2.27. The highest BCUT2D eigenvalue weighted by molar-refractivity contribution is 6.00. The van der Waals surface area contributed by atoms with E-state index in [-0.39, 0.29) is 5.91 Å². The highest BCUT2D eigenvalue weighted by Gasteiger charge is 2.06. The zero-order valence-electron chi connectivity index (χ0n) is 9.06. The Balaban J connectivity index is 3.08. The minimum Gasteiger partial charge on any atom is -0.411 e. The summed E-state index contributed by atoms with van der Waals surface area (Å²) in [7, 11) is 1.70. The van der Waals surface area contributed by atoms with Crippen LogP contribution in [0.4, 0.5) is 5.69 Å². The van der Waals surface area contributed by atoms with Gasteiger partial charge in [-0.25, -0.2) is 0 Å². The molecule has 0 spiro atoms. The molecule has 0 aromatic heterocycles. The van der Waals surface area contributed by atoms with Crippen LogP contribution in [0, 0.1) is 0 Å². The molecule has 4 nitrogen and oxygen atoms in total. The fraction of sp³-hybridized carbons (Fsp3) is 0.273. The molecule has 15 heavy (non-hydrogen) atoms. The zero-order valence-corrected chi connectivity index (χ0v) is 9.06. The minimum absolute atomic E-state index is 0.0364. The van der Waals surface area contributed by atoms with Crippen LogP contribution >= 0.6 is 0 Å². The Morgan fingerprint density at radius 2 is 2.07 bits per heavy atom. The van der Waals surface area contributed by atoms with E-state index in [4.69, 9.17) is 5.21 Å². The molecule has 1 N–H and O–H groups in total. The second-order valence-corrected chi connectivity index (χ2v) is 3.31. The first kappa shape index (κ1) is 11.2. The van der Waals surface area contributed by atoms with E-state index in [9.17, 15) is 4.79 Å². The minimum atomic E-state index is -0.0364. The van der Waals surface area contributed by atoms with Crippen molar-refractivity contribution in [2.24, 2.45) is 5.16 Å². The summed E-state index contributed by atoms with van der Waals surface area (Å²) in [6.45, 7) is 3.20. The Bertz CT molecular complexity index is 399. The number of carbonyl (C=O) groups is 1. The monoisotopic (exact) mass is 206 g/mol. The lowest BCUT2D eigenvalue weighted by atomic mass is 10.1. The van der Waals surface area contributed by atoms with Gasteiger partial charge in [0.2, 0.25) is 5.91 Å². The van der Waals surface area contributed by atoms with Crippen LogP contribution in [-0.2, 0) is 4.79 Å². The Hall–Kier alpha value is -1.84. The van der Waals surface area contributed by atoms with Crippen LogP contribution in [0.3, 0.4) is 0 Å². The van der Waals surface area contributed by atoms with Crippen molar-refractivity contribution in [2.75, 3.05) is 11.9 Å². The Kier molecular flexibility index (Phi) is 3.44. The summed E-state index contributed by atoms with van der Waals surface area (Å²) >= 11 is 0. The molecule has 0 saturated heterocycles. The number of hydrogen-bond acceptors (Lipinski definition) is 3. The quantitative estimate of drug-likeness (QED) is 0.456. The Morgan fingerprint density at radius 3 is 2.60 bits per heavy atom. The molecule has 1 amide bonds. The van der Waals surface area contributed by atoms with E-state index in [0.29, 0.717) is 5.71 Å². The van der Waals surface area contributed by atoms with Gasteiger partial charge in [-0.2, -0.15) is 0 Å². The van der Waals surface area contributed by atoms with Crippen molar-refractivity contribution in [3.05, 3.63) is 29.8 Å². The van der Waals surface area contributed by atoms with Crippen LogP contribution in [0.15, 0.2) is 29.4 Å². The van der Waals surface area contributed by atoms with Crippen molar-refractivity contribution < 1.29 is 10.0 Å². The van der Waals surface area contributed by atoms with Gasteiger partial charge in [0.1, 0.15) is 0 Å². The number of anilines is 1. The summed E-state index contributed by atoms with van der Waals surface area (Å²) in [5, 5.41) is 11.8. The summed E-state index contributed by atoms with van der Waals surface area (Å²) in [5.41, 5.74) is 2.10. The Morgan fingerprint density at radius 1 is 1.40 bits per heavy atom. The lowest BCUT2D eigenvalue weighted by Crippen LogP contribution is -2.22. The molecule has 0 aliphatic rings. The molecule has 0 bridgehead atoms. The predicted octanol–water partition coefficient (Wildman–Crippen LogP) is 1.87. The van der Waals surface area contributed by atoms with Crippen molar-refractivity contribution in [3.63, 3.8) is 0 Å². The van der Waals surface area contributed by atoms with Crippen molar-refractivity contribution in [1.29, 1.82) is 0 Å². The topological polar surface area (TPSA) is 52.9 Å². The molecule has 0 radical (unpaired) electrons. The highest BCUT2D eigenvalue weighted by atomic mass is 16.4. The standard InChI is InChI=1S/C11H14N2O2/c1-8(12-15)10-5-4-6-11(7-10)13(3)9(2)14/h4-7,15H,1-3H3/b12-8+. The number of benzene rings is 1. The van der Waals surface area contributed by atoms with Crippen molar-refractivity contribution in [3.8, 4) is 0 Å². The van der Waals surface area contributed by atoms with Crippen molar-refractivity contribution >= 4 is 17.3 Å². The number of oxime groups is 1. The molecule has 0 aliphatic heterocycles. The third kappa shape index (κ3) is 2.56. The maximum atomic E-state index is 11.1. The summed E-state index contributed by atoms with van der Waals surface area (Å²) < 4.78 is 0. The second kappa shape index (κ2) is 4.59. The second-order valence-electron chi connectivity index (χ2n) is 3.31. The molecule has 4 heteroatoms. The summed E-state index contributed by atoms with van der Waals surface area (Å²) in [6.07, 6.45) is 0. The fourth-order valence-electron chi connectivity index (χ4n) is 1.18. The van der Waals surface area contributed by atoms with Crippen LogP contribution < -0.4 is 4.90 Å². The Labute approximate surface area is 88.8 Å². The number of hydrogen-bond donors (Lipinski definition) is 1. The first-order valence-corrected chi connectivity index (χ1v) is 4.59. The molecule has 0 saturated carbocycles. The molecule has 0 unspecified atom stereocenters. The zero-order chi connectivity index (χ0) is 11.4. The van der Waals surface area contributed by atoms with Gasteiger partial charge in [-0.3, -0.25) is 4.79 Å². The van der Waals surface area contributed by atoms with Crippen LogP contribution in [0.1, 0.15) is 19.4 Å².